The molecule has 0 saturated heterocycles. The van der Waals surface area contributed by atoms with Gasteiger partial charge in [0.25, 0.3) is 5.91 Å². The highest BCUT2D eigenvalue weighted by Gasteiger charge is 2.12. The van der Waals surface area contributed by atoms with Gasteiger partial charge in [0.1, 0.15) is 0 Å². The lowest BCUT2D eigenvalue weighted by Gasteiger charge is -2.19. The topological polar surface area (TPSA) is 82.2 Å². The molecule has 0 aliphatic carbocycles. The average Bonchev–Trinajstić information content (AvgIpc) is 3.24. The van der Waals surface area contributed by atoms with Crippen molar-refractivity contribution in [1.29, 1.82) is 5.41 Å². The Morgan fingerprint density at radius 1 is 1.17 bits per heavy atom. The molecule has 2 aromatic carbocycles. The molecule has 0 fully saturated rings. The Morgan fingerprint density at radius 3 is 2.53 bits per heavy atom. The fourth-order valence-corrected chi connectivity index (χ4v) is 3.81. The molecule has 0 unspecified atom stereocenters. The number of nitrogen functional groups attached to an aromatic ring is 1. The van der Waals surface area contributed by atoms with Gasteiger partial charge in [-0.05, 0) is 67.9 Å². The van der Waals surface area contributed by atoms with Crippen molar-refractivity contribution in [2.75, 3.05) is 25.1 Å². The molecule has 1 aromatic heterocycles. The van der Waals surface area contributed by atoms with Crippen LogP contribution in [-0.2, 0) is 6.42 Å². The molecular formula is C24H28N4OS. The number of benzene rings is 2. The molecule has 30 heavy (non-hydrogen) atoms. The smallest absolute Gasteiger partial charge is 0.255 e. The predicted molar refractivity (Wildman–Crippen MR) is 128 cm³/mol. The van der Waals surface area contributed by atoms with Gasteiger partial charge < -0.3 is 21.4 Å². The summed E-state index contributed by atoms with van der Waals surface area (Å²) in [5.74, 6) is -0.201. The van der Waals surface area contributed by atoms with Crippen LogP contribution in [0.4, 0.5) is 11.4 Å². The number of anilines is 2. The SMILES string of the molecule is C[C@H](CC(=N)Cc1ccc(C(=O)Nc2cc(-c3cccs3)ccc2N)cc1)N(C)C. The quantitative estimate of drug-likeness (QED) is 0.348. The fourth-order valence-electron chi connectivity index (χ4n) is 3.09. The lowest BCUT2D eigenvalue weighted by atomic mass is 10.0. The van der Waals surface area contributed by atoms with Crippen molar-refractivity contribution < 1.29 is 4.79 Å². The van der Waals surface area contributed by atoms with Crippen molar-refractivity contribution in [3.05, 3.63) is 71.1 Å². The van der Waals surface area contributed by atoms with E-state index in [0.717, 1.165) is 22.4 Å². The average molecular weight is 421 g/mol. The maximum Gasteiger partial charge on any atom is 0.255 e. The summed E-state index contributed by atoms with van der Waals surface area (Å²) in [5.41, 5.74) is 10.5. The molecule has 0 aliphatic heterocycles. The molecular weight excluding hydrogens is 392 g/mol. The summed E-state index contributed by atoms with van der Waals surface area (Å²) < 4.78 is 0. The van der Waals surface area contributed by atoms with Gasteiger partial charge >= 0.3 is 0 Å². The predicted octanol–water partition coefficient (Wildman–Crippen LogP) is 5.15. The standard InChI is InChI=1S/C24H28N4OS/c1-16(28(2)3)13-20(25)14-17-6-8-18(9-7-17)24(29)27-22-15-19(10-11-21(22)26)23-5-4-12-30-23/h4-12,15-16,25H,13-14,26H2,1-3H3,(H,27,29)/t16-/m1/s1. The largest absolute Gasteiger partial charge is 0.397 e. The van der Waals surface area contributed by atoms with Gasteiger partial charge in [-0.15, -0.1) is 11.3 Å². The summed E-state index contributed by atoms with van der Waals surface area (Å²) in [7, 11) is 4.04. The van der Waals surface area contributed by atoms with Gasteiger partial charge in [0.2, 0.25) is 0 Å². The van der Waals surface area contributed by atoms with Crippen LogP contribution < -0.4 is 11.1 Å². The van der Waals surface area contributed by atoms with E-state index in [-0.39, 0.29) is 5.91 Å². The molecule has 5 nitrogen and oxygen atoms in total. The Hall–Kier alpha value is -2.96. The first-order chi connectivity index (χ1) is 14.3. The zero-order valence-electron chi connectivity index (χ0n) is 17.6. The van der Waals surface area contributed by atoms with Gasteiger partial charge in [0.15, 0.2) is 0 Å². The van der Waals surface area contributed by atoms with Crippen LogP contribution in [0.5, 0.6) is 0 Å². The zero-order chi connectivity index (χ0) is 21.7. The highest BCUT2D eigenvalue weighted by Crippen LogP contribution is 2.30. The molecule has 0 radical (unpaired) electrons. The number of hydrogen-bond acceptors (Lipinski definition) is 5. The van der Waals surface area contributed by atoms with Crippen LogP contribution in [0, 0.1) is 5.41 Å². The normalized spacial score (nSPS) is 12.0. The third-order valence-corrected chi connectivity index (χ3v) is 6.08. The van der Waals surface area contributed by atoms with Crippen LogP contribution in [0.25, 0.3) is 10.4 Å². The summed E-state index contributed by atoms with van der Waals surface area (Å²) >= 11 is 1.64. The second-order valence-electron chi connectivity index (χ2n) is 7.73. The van der Waals surface area contributed by atoms with E-state index in [1.54, 1.807) is 23.5 Å². The van der Waals surface area contributed by atoms with Crippen LogP contribution in [0.2, 0.25) is 0 Å². The molecule has 1 amide bonds. The van der Waals surface area contributed by atoms with Crippen LogP contribution in [0.3, 0.4) is 0 Å². The van der Waals surface area contributed by atoms with Crippen LogP contribution in [0.15, 0.2) is 60.0 Å². The molecule has 0 aliphatic rings. The van der Waals surface area contributed by atoms with Gasteiger partial charge in [0.05, 0.1) is 11.4 Å². The summed E-state index contributed by atoms with van der Waals surface area (Å²) in [6.45, 7) is 2.11. The number of nitrogens with two attached hydrogens (primary N) is 1. The highest BCUT2D eigenvalue weighted by molar-refractivity contribution is 7.13. The molecule has 1 atom stereocenters. The Bertz CT molecular complexity index is 1010. The fraction of sp³-hybridized carbons (Fsp3) is 0.250. The number of amides is 1. The van der Waals surface area contributed by atoms with Gasteiger partial charge in [0, 0.05) is 35.0 Å². The number of carbonyl (C=O) groups is 1. The van der Waals surface area contributed by atoms with E-state index in [0.29, 0.717) is 35.1 Å². The molecule has 0 bridgehead atoms. The van der Waals surface area contributed by atoms with E-state index >= 15 is 0 Å². The van der Waals surface area contributed by atoms with E-state index in [9.17, 15) is 4.79 Å². The van der Waals surface area contributed by atoms with E-state index < -0.39 is 0 Å². The first kappa shape index (κ1) is 21.7. The van der Waals surface area contributed by atoms with Crippen molar-refractivity contribution in [2.24, 2.45) is 0 Å². The van der Waals surface area contributed by atoms with Crippen molar-refractivity contribution >= 4 is 34.3 Å². The molecule has 0 spiro atoms. The maximum absolute atomic E-state index is 12.7. The Kier molecular flexibility index (Phi) is 7.03. The Morgan fingerprint density at radius 2 is 1.90 bits per heavy atom. The molecule has 0 saturated carbocycles. The second-order valence-corrected chi connectivity index (χ2v) is 8.68. The number of rotatable bonds is 8. The number of nitrogens with zero attached hydrogens (tertiary/aromatic N) is 1. The summed E-state index contributed by atoms with van der Waals surface area (Å²) in [5, 5.41) is 13.2. The van der Waals surface area contributed by atoms with Crippen molar-refractivity contribution in [3.8, 4) is 10.4 Å². The summed E-state index contributed by atoms with van der Waals surface area (Å²) in [4.78, 5) is 15.9. The lowest BCUT2D eigenvalue weighted by Crippen LogP contribution is -2.27. The third kappa shape index (κ3) is 5.55. The maximum atomic E-state index is 12.7. The van der Waals surface area contributed by atoms with Crippen LogP contribution in [-0.4, -0.2) is 36.7 Å². The number of nitrogens with one attached hydrogen (secondary N) is 2. The number of hydrogen-bond donors (Lipinski definition) is 3. The minimum Gasteiger partial charge on any atom is -0.397 e. The van der Waals surface area contributed by atoms with Gasteiger partial charge in [-0.2, -0.15) is 0 Å². The molecule has 4 N–H and O–H groups in total. The molecule has 3 aromatic rings. The Labute approximate surface area is 182 Å². The Balaban J connectivity index is 1.65. The number of thiophene rings is 1. The molecule has 156 valence electrons. The number of carbonyl (C=O) groups excluding carboxylic acids is 1. The lowest BCUT2D eigenvalue weighted by molar-refractivity contribution is 0.102. The van der Waals surface area contributed by atoms with Crippen molar-refractivity contribution in [3.63, 3.8) is 0 Å². The minimum atomic E-state index is -0.201. The third-order valence-electron chi connectivity index (χ3n) is 5.16. The van der Waals surface area contributed by atoms with Gasteiger partial charge in [-0.25, -0.2) is 0 Å². The first-order valence-corrected chi connectivity index (χ1v) is 10.8. The second kappa shape index (κ2) is 9.69. The summed E-state index contributed by atoms with van der Waals surface area (Å²) in [6, 6.07) is 17.5. The molecule has 3 rings (SSSR count). The van der Waals surface area contributed by atoms with Crippen LogP contribution >= 0.6 is 11.3 Å². The molecule has 6 heteroatoms. The van der Waals surface area contributed by atoms with E-state index in [1.807, 2.05) is 61.9 Å². The van der Waals surface area contributed by atoms with E-state index in [2.05, 4.69) is 17.1 Å². The minimum absolute atomic E-state index is 0.201. The van der Waals surface area contributed by atoms with Gasteiger partial charge in [-0.3, -0.25) is 4.79 Å². The van der Waals surface area contributed by atoms with Crippen molar-refractivity contribution in [1.82, 2.24) is 4.90 Å². The zero-order valence-corrected chi connectivity index (χ0v) is 18.4. The van der Waals surface area contributed by atoms with E-state index in [1.165, 1.54) is 0 Å². The highest BCUT2D eigenvalue weighted by atomic mass is 32.1. The van der Waals surface area contributed by atoms with E-state index in [4.69, 9.17) is 11.1 Å². The van der Waals surface area contributed by atoms with Crippen LogP contribution in [0.1, 0.15) is 29.3 Å². The monoisotopic (exact) mass is 420 g/mol. The van der Waals surface area contributed by atoms with Crippen molar-refractivity contribution in [2.45, 2.75) is 25.8 Å². The first-order valence-electron chi connectivity index (χ1n) is 9.90. The van der Waals surface area contributed by atoms with Gasteiger partial charge in [-0.1, -0.05) is 24.3 Å². The molecule has 1 heterocycles. The summed E-state index contributed by atoms with van der Waals surface area (Å²) in [6.07, 6.45) is 1.32.